The smallest absolute Gasteiger partial charge is 0.174 e. The maximum Gasteiger partial charge on any atom is 0.174 e. The van der Waals surface area contributed by atoms with Crippen molar-refractivity contribution in [3.8, 4) is 22.9 Å². The van der Waals surface area contributed by atoms with E-state index in [1.165, 1.54) is 5.56 Å². The van der Waals surface area contributed by atoms with Crippen LogP contribution in [0, 0.1) is 6.92 Å². The highest BCUT2D eigenvalue weighted by molar-refractivity contribution is 7.80. The van der Waals surface area contributed by atoms with Gasteiger partial charge in [-0.15, -0.1) is 0 Å². The van der Waals surface area contributed by atoms with Crippen molar-refractivity contribution in [2.45, 2.75) is 19.0 Å². The number of rotatable bonds is 7. The number of aromatic nitrogens is 2. The molecule has 2 aromatic heterocycles. The minimum absolute atomic E-state index is 0.128. The molecule has 6 nitrogen and oxygen atoms in total. The first kappa shape index (κ1) is 24.7. The number of aryl methyl sites for hydroxylation is 1. The molecule has 0 spiro atoms. The Morgan fingerprint density at radius 3 is 2.23 bits per heavy atom. The lowest BCUT2D eigenvalue weighted by atomic mass is 10.0. The average Bonchev–Trinajstić information content (AvgIpc) is 3.59. The zero-order valence-electron chi connectivity index (χ0n) is 21.7. The van der Waals surface area contributed by atoms with Gasteiger partial charge < -0.3 is 24.3 Å². The van der Waals surface area contributed by atoms with E-state index in [1.54, 1.807) is 7.11 Å². The largest absolute Gasteiger partial charge is 0.497 e. The van der Waals surface area contributed by atoms with Crippen LogP contribution in [0.5, 0.6) is 17.2 Å². The molecule has 0 unspecified atom stereocenters. The molecule has 0 bridgehead atoms. The lowest BCUT2D eigenvalue weighted by Gasteiger charge is -2.29. The Labute approximate surface area is 233 Å². The molecule has 2 atom stereocenters. The Kier molecular flexibility index (Phi) is 6.73. The van der Waals surface area contributed by atoms with Crippen molar-refractivity contribution in [3.05, 3.63) is 132 Å². The summed E-state index contributed by atoms with van der Waals surface area (Å²) in [5.41, 5.74) is 5.33. The van der Waals surface area contributed by atoms with Gasteiger partial charge in [0.25, 0.3) is 0 Å². The predicted molar refractivity (Wildman–Crippen MR) is 158 cm³/mol. The highest BCUT2D eigenvalue weighted by atomic mass is 32.1. The lowest BCUT2D eigenvalue weighted by Crippen LogP contribution is -2.30. The van der Waals surface area contributed by atoms with E-state index in [0.717, 1.165) is 40.0 Å². The van der Waals surface area contributed by atoms with E-state index in [1.807, 2.05) is 72.9 Å². The number of hydrogen-bond acceptors (Lipinski definition) is 4. The van der Waals surface area contributed by atoms with Crippen molar-refractivity contribution in [1.29, 1.82) is 0 Å². The van der Waals surface area contributed by atoms with E-state index in [-0.39, 0.29) is 12.1 Å². The number of hydrogen-bond donors (Lipinski definition) is 1. The summed E-state index contributed by atoms with van der Waals surface area (Å²) >= 11 is 5.93. The van der Waals surface area contributed by atoms with Crippen LogP contribution in [0.4, 0.5) is 5.69 Å². The summed E-state index contributed by atoms with van der Waals surface area (Å²) < 4.78 is 13.5. The quantitative estimate of drug-likeness (QED) is 0.225. The molecule has 7 heteroatoms. The van der Waals surface area contributed by atoms with Gasteiger partial charge in [-0.25, -0.2) is 0 Å². The number of nitrogens with one attached hydrogen (secondary N) is 1. The molecular formula is C32H28N4O2S. The molecule has 39 heavy (non-hydrogen) atoms. The number of thiocarbonyl (C=S) groups is 1. The Bertz CT molecular complexity index is 1580. The molecule has 194 valence electrons. The summed E-state index contributed by atoms with van der Waals surface area (Å²) in [6.07, 6.45) is 3.93. The summed E-state index contributed by atoms with van der Waals surface area (Å²) in [7, 11) is 1.65. The highest BCUT2D eigenvalue weighted by Gasteiger charge is 2.42. The van der Waals surface area contributed by atoms with Crippen molar-refractivity contribution in [2.75, 3.05) is 12.0 Å². The van der Waals surface area contributed by atoms with Crippen LogP contribution in [0.1, 0.15) is 29.0 Å². The van der Waals surface area contributed by atoms with Gasteiger partial charge >= 0.3 is 0 Å². The minimum atomic E-state index is -0.132. The lowest BCUT2D eigenvalue weighted by molar-refractivity contribution is 0.413. The average molecular weight is 533 g/mol. The van der Waals surface area contributed by atoms with Gasteiger partial charge in [0.15, 0.2) is 5.11 Å². The van der Waals surface area contributed by atoms with Gasteiger partial charge in [-0.1, -0.05) is 18.2 Å². The molecule has 5 aromatic rings. The Morgan fingerprint density at radius 2 is 1.54 bits per heavy atom. The first-order chi connectivity index (χ1) is 19.1. The third-order valence-corrected chi connectivity index (χ3v) is 7.19. The second-order valence-electron chi connectivity index (χ2n) is 9.41. The van der Waals surface area contributed by atoms with Gasteiger partial charge in [0.1, 0.15) is 23.3 Å². The van der Waals surface area contributed by atoms with Crippen LogP contribution in [-0.2, 0) is 0 Å². The van der Waals surface area contributed by atoms with Crippen LogP contribution in [-0.4, -0.2) is 21.8 Å². The number of nitrogens with zero attached hydrogens (tertiary/aromatic N) is 3. The molecule has 0 amide bonds. The molecule has 1 aliphatic heterocycles. The maximum absolute atomic E-state index is 6.06. The molecule has 3 heterocycles. The summed E-state index contributed by atoms with van der Waals surface area (Å²) in [5.74, 6) is 2.27. The van der Waals surface area contributed by atoms with E-state index in [0.29, 0.717) is 5.11 Å². The summed E-state index contributed by atoms with van der Waals surface area (Å²) in [6.45, 7) is 2.11. The van der Waals surface area contributed by atoms with Gasteiger partial charge in [-0.05, 0) is 110 Å². The zero-order valence-corrected chi connectivity index (χ0v) is 22.5. The Balaban J connectivity index is 1.37. The Morgan fingerprint density at radius 1 is 0.795 bits per heavy atom. The molecular weight excluding hydrogens is 504 g/mol. The van der Waals surface area contributed by atoms with Crippen molar-refractivity contribution in [1.82, 2.24) is 14.9 Å². The predicted octanol–water partition coefficient (Wildman–Crippen LogP) is 7.16. The SMILES string of the molecule is COc1ccc(Oc2ccc(N3C(=S)N[C@H](c4ccccn4)[C@@H]3c3cccn3-c3cccc(C)c3)cc2)cc1. The zero-order chi connectivity index (χ0) is 26.8. The van der Waals surface area contributed by atoms with Crippen molar-refractivity contribution in [2.24, 2.45) is 0 Å². The van der Waals surface area contributed by atoms with E-state index in [9.17, 15) is 0 Å². The third-order valence-electron chi connectivity index (χ3n) is 6.87. The number of benzene rings is 3. The summed E-state index contributed by atoms with van der Waals surface area (Å²) in [6, 6.07) is 34.0. The molecule has 1 fully saturated rings. The summed E-state index contributed by atoms with van der Waals surface area (Å²) in [4.78, 5) is 6.86. The molecule has 0 aliphatic carbocycles. The van der Waals surface area contributed by atoms with Crippen molar-refractivity contribution in [3.63, 3.8) is 0 Å². The van der Waals surface area contributed by atoms with Crippen LogP contribution >= 0.6 is 12.2 Å². The molecule has 1 saturated heterocycles. The fourth-order valence-corrected chi connectivity index (χ4v) is 5.38. The van der Waals surface area contributed by atoms with E-state index >= 15 is 0 Å². The number of ether oxygens (including phenoxy) is 2. The van der Waals surface area contributed by atoms with E-state index < -0.39 is 0 Å². The standard InChI is InChI=1S/C32H28N4O2S/c1-22-7-5-8-24(21-22)35-20-6-10-29(35)31-30(28-9-3-4-19-33-28)34-32(39)36(31)23-11-13-26(14-12-23)38-27-17-15-25(37-2)16-18-27/h3-21,30-31H,1-2H3,(H,34,39)/t30-,31+/m1/s1. The molecule has 3 aromatic carbocycles. The third kappa shape index (κ3) is 4.96. The van der Waals surface area contributed by atoms with Crippen molar-refractivity contribution >= 4 is 23.0 Å². The van der Waals surface area contributed by atoms with E-state index in [4.69, 9.17) is 21.7 Å². The summed E-state index contributed by atoms with van der Waals surface area (Å²) in [5, 5.41) is 4.20. The normalized spacial score (nSPS) is 16.7. The topological polar surface area (TPSA) is 51.6 Å². The second kappa shape index (κ2) is 10.6. The van der Waals surface area contributed by atoms with Crippen LogP contribution in [0.15, 0.2) is 116 Å². The molecule has 0 radical (unpaired) electrons. The van der Waals surface area contributed by atoms with Crippen LogP contribution in [0.2, 0.25) is 0 Å². The molecule has 0 saturated carbocycles. The van der Waals surface area contributed by atoms with Crippen molar-refractivity contribution < 1.29 is 9.47 Å². The number of pyridine rings is 1. The first-order valence-electron chi connectivity index (χ1n) is 12.8. The fourth-order valence-electron chi connectivity index (χ4n) is 5.04. The van der Waals surface area contributed by atoms with Gasteiger partial charge in [0.2, 0.25) is 0 Å². The number of methoxy groups -OCH3 is 1. The van der Waals surface area contributed by atoms with Crippen LogP contribution in [0.3, 0.4) is 0 Å². The van der Waals surface area contributed by atoms with Crippen LogP contribution < -0.4 is 19.7 Å². The molecule has 1 N–H and O–H groups in total. The van der Waals surface area contributed by atoms with Gasteiger partial charge in [0, 0.05) is 29.5 Å². The van der Waals surface area contributed by atoms with Gasteiger partial charge in [-0.2, -0.15) is 0 Å². The fraction of sp³-hybridized carbons (Fsp3) is 0.125. The maximum atomic E-state index is 6.06. The van der Waals surface area contributed by atoms with E-state index in [2.05, 4.69) is 69.3 Å². The first-order valence-corrected chi connectivity index (χ1v) is 13.2. The van der Waals surface area contributed by atoms with Gasteiger partial charge in [0.05, 0.1) is 18.8 Å². The monoisotopic (exact) mass is 532 g/mol. The number of anilines is 1. The minimum Gasteiger partial charge on any atom is -0.497 e. The second-order valence-corrected chi connectivity index (χ2v) is 9.80. The Hall–Kier alpha value is -4.62. The molecule has 6 rings (SSSR count). The van der Waals surface area contributed by atoms with Crippen LogP contribution in [0.25, 0.3) is 5.69 Å². The van der Waals surface area contributed by atoms with Gasteiger partial charge in [-0.3, -0.25) is 4.98 Å². The highest BCUT2D eigenvalue weighted by Crippen LogP contribution is 2.42. The molecule has 1 aliphatic rings.